The van der Waals surface area contributed by atoms with Crippen LogP contribution in [0.2, 0.25) is 0 Å². The lowest BCUT2D eigenvalue weighted by atomic mass is 10.1. The molecule has 1 aliphatic heterocycles. The summed E-state index contributed by atoms with van der Waals surface area (Å²) in [7, 11) is 0. The van der Waals surface area contributed by atoms with Gasteiger partial charge in [-0.1, -0.05) is 6.07 Å². The van der Waals surface area contributed by atoms with Crippen molar-refractivity contribution in [1.29, 1.82) is 0 Å². The standard InChI is InChI=1S/C19H27N5O/c1-15-4-5-17(12-16(15)2)22-19(25)14-24-9-3-8-23(10-11-24)13-18-20-6-7-21-18/h4-7,12H,3,8-11,13-14H2,1-2H3,(H,20,21)(H,22,25). The molecule has 0 atom stereocenters. The summed E-state index contributed by atoms with van der Waals surface area (Å²) in [6.07, 6.45) is 4.71. The molecule has 1 aromatic carbocycles. The van der Waals surface area contributed by atoms with Crippen molar-refractivity contribution < 1.29 is 4.79 Å². The number of nitrogens with zero attached hydrogens (tertiary/aromatic N) is 3. The maximum Gasteiger partial charge on any atom is 0.238 e. The van der Waals surface area contributed by atoms with Gasteiger partial charge in [0.1, 0.15) is 5.82 Å². The Bertz CT molecular complexity index is 698. The molecule has 25 heavy (non-hydrogen) atoms. The summed E-state index contributed by atoms with van der Waals surface area (Å²) in [5.41, 5.74) is 3.31. The van der Waals surface area contributed by atoms with Gasteiger partial charge in [-0.15, -0.1) is 0 Å². The van der Waals surface area contributed by atoms with Crippen molar-refractivity contribution in [2.45, 2.75) is 26.8 Å². The number of imidazole rings is 1. The van der Waals surface area contributed by atoms with Crippen LogP contribution in [0.1, 0.15) is 23.4 Å². The number of benzene rings is 1. The Morgan fingerprint density at radius 1 is 1.16 bits per heavy atom. The third-order valence-electron chi connectivity index (χ3n) is 4.77. The summed E-state index contributed by atoms with van der Waals surface area (Å²) in [4.78, 5) is 24.4. The van der Waals surface area contributed by atoms with Crippen LogP contribution >= 0.6 is 0 Å². The first-order valence-corrected chi connectivity index (χ1v) is 8.90. The second-order valence-electron chi connectivity index (χ2n) is 6.79. The van der Waals surface area contributed by atoms with E-state index in [1.807, 2.05) is 24.4 Å². The molecule has 0 saturated carbocycles. The monoisotopic (exact) mass is 341 g/mol. The molecule has 2 aromatic rings. The van der Waals surface area contributed by atoms with Crippen molar-refractivity contribution in [3.05, 3.63) is 47.5 Å². The Morgan fingerprint density at radius 3 is 2.72 bits per heavy atom. The number of amides is 1. The molecule has 6 heteroatoms. The van der Waals surface area contributed by atoms with Crippen LogP contribution < -0.4 is 5.32 Å². The van der Waals surface area contributed by atoms with Crippen LogP contribution in [0.5, 0.6) is 0 Å². The van der Waals surface area contributed by atoms with Gasteiger partial charge in [0.15, 0.2) is 0 Å². The molecule has 0 spiro atoms. The smallest absolute Gasteiger partial charge is 0.238 e. The SMILES string of the molecule is Cc1ccc(NC(=O)CN2CCCN(Cc3ncc[nH]3)CC2)cc1C. The summed E-state index contributed by atoms with van der Waals surface area (Å²) in [5.74, 6) is 1.06. The van der Waals surface area contributed by atoms with E-state index in [1.54, 1.807) is 6.20 Å². The molecule has 3 rings (SSSR count). The Kier molecular flexibility index (Phi) is 5.83. The van der Waals surface area contributed by atoms with Crippen molar-refractivity contribution in [3.63, 3.8) is 0 Å². The quantitative estimate of drug-likeness (QED) is 0.875. The molecular formula is C19H27N5O. The number of anilines is 1. The predicted molar refractivity (Wildman–Crippen MR) is 99.5 cm³/mol. The number of carbonyl (C=O) groups excluding carboxylic acids is 1. The number of hydrogen-bond acceptors (Lipinski definition) is 4. The van der Waals surface area contributed by atoms with E-state index in [0.717, 1.165) is 50.7 Å². The Morgan fingerprint density at radius 2 is 1.96 bits per heavy atom. The van der Waals surface area contributed by atoms with E-state index in [-0.39, 0.29) is 5.91 Å². The molecule has 0 unspecified atom stereocenters. The van der Waals surface area contributed by atoms with Crippen molar-refractivity contribution in [1.82, 2.24) is 19.8 Å². The second kappa shape index (κ2) is 8.27. The van der Waals surface area contributed by atoms with Gasteiger partial charge in [-0.25, -0.2) is 4.98 Å². The number of H-pyrrole nitrogens is 1. The first-order chi connectivity index (χ1) is 12.1. The van der Waals surface area contributed by atoms with E-state index >= 15 is 0 Å². The minimum atomic E-state index is 0.0581. The van der Waals surface area contributed by atoms with Crippen LogP contribution in [0.15, 0.2) is 30.6 Å². The van der Waals surface area contributed by atoms with Gasteiger partial charge in [0.2, 0.25) is 5.91 Å². The first kappa shape index (κ1) is 17.6. The molecule has 1 amide bonds. The van der Waals surface area contributed by atoms with Gasteiger partial charge < -0.3 is 10.3 Å². The molecular weight excluding hydrogens is 314 g/mol. The maximum atomic E-state index is 12.3. The van der Waals surface area contributed by atoms with E-state index in [0.29, 0.717) is 6.54 Å². The molecule has 2 N–H and O–H groups in total. The largest absolute Gasteiger partial charge is 0.348 e. The maximum absolute atomic E-state index is 12.3. The summed E-state index contributed by atoms with van der Waals surface area (Å²) in [5, 5.41) is 3.02. The Balaban J connectivity index is 1.47. The van der Waals surface area contributed by atoms with E-state index in [9.17, 15) is 4.79 Å². The van der Waals surface area contributed by atoms with Gasteiger partial charge in [0.05, 0.1) is 13.1 Å². The fourth-order valence-corrected chi connectivity index (χ4v) is 3.16. The third kappa shape index (κ3) is 5.14. The molecule has 0 aliphatic carbocycles. The zero-order valence-corrected chi connectivity index (χ0v) is 15.1. The Labute approximate surface area is 149 Å². The zero-order valence-electron chi connectivity index (χ0n) is 15.1. The minimum Gasteiger partial charge on any atom is -0.348 e. The summed E-state index contributed by atoms with van der Waals surface area (Å²) in [6, 6.07) is 6.04. The highest BCUT2D eigenvalue weighted by Gasteiger charge is 2.17. The number of hydrogen-bond donors (Lipinski definition) is 2. The lowest BCUT2D eigenvalue weighted by Gasteiger charge is -2.21. The van der Waals surface area contributed by atoms with Crippen LogP contribution in [-0.4, -0.2) is 58.4 Å². The van der Waals surface area contributed by atoms with Crippen LogP contribution in [0.25, 0.3) is 0 Å². The highest BCUT2D eigenvalue weighted by Crippen LogP contribution is 2.14. The van der Waals surface area contributed by atoms with Crippen LogP contribution in [0, 0.1) is 13.8 Å². The van der Waals surface area contributed by atoms with Gasteiger partial charge >= 0.3 is 0 Å². The van der Waals surface area contributed by atoms with Gasteiger partial charge in [-0.3, -0.25) is 14.6 Å². The first-order valence-electron chi connectivity index (χ1n) is 8.90. The molecule has 0 bridgehead atoms. The van der Waals surface area contributed by atoms with Crippen LogP contribution in [0.3, 0.4) is 0 Å². The number of rotatable bonds is 5. The van der Waals surface area contributed by atoms with E-state index in [4.69, 9.17) is 0 Å². The van der Waals surface area contributed by atoms with Crippen molar-refractivity contribution >= 4 is 11.6 Å². The molecule has 134 valence electrons. The van der Waals surface area contributed by atoms with Gasteiger partial charge in [0, 0.05) is 31.2 Å². The fourth-order valence-electron chi connectivity index (χ4n) is 3.16. The average Bonchev–Trinajstić information content (AvgIpc) is 2.99. The van der Waals surface area contributed by atoms with Gasteiger partial charge in [-0.2, -0.15) is 0 Å². The predicted octanol–water partition coefficient (Wildman–Crippen LogP) is 2.17. The zero-order chi connectivity index (χ0) is 17.6. The lowest BCUT2D eigenvalue weighted by molar-refractivity contribution is -0.117. The number of nitrogens with one attached hydrogen (secondary N) is 2. The summed E-state index contributed by atoms with van der Waals surface area (Å²) >= 11 is 0. The molecule has 1 saturated heterocycles. The highest BCUT2D eigenvalue weighted by molar-refractivity contribution is 5.92. The molecule has 1 fully saturated rings. The highest BCUT2D eigenvalue weighted by atomic mass is 16.2. The topological polar surface area (TPSA) is 64.3 Å². The molecule has 1 aromatic heterocycles. The average molecular weight is 341 g/mol. The normalized spacial score (nSPS) is 16.6. The van der Waals surface area contributed by atoms with E-state index < -0.39 is 0 Å². The van der Waals surface area contributed by atoms with Crippen molar-refractivity contribution in [3.8, 4) is 0 Å². The molecule has 0 radical (unpaired) electrons. The third-order valence-corrected chi connectivity index (χ3v) is 4.77. The molecule has 1 aliphatic rings. The van der Waals surface area contributed by atoms with Crippen LogP contribution in [0.4, 0.5) is 5.69 Å². The fraction of sp³-hybridized carbons (Fsp3) is 0.474. The lowest BCUT2D eigenvalue weighted by Crippen LogP contribution is -2.36. The number of aromatic amines is 1. The van der Waals surface area contributed by atoms with Crippen LogP contribution in [-0.2, 0) is 11.3 Å². The van der Waals surface area contributed by atoms with Gasteiger partial charge in [0.25, 0.3) is 0 Å². The van der Waals surface area contributed by atoms with Crippen molar-refractivity contribution in [2.24, 2.45) is 0 Å². The second-order valence-corrected chi connectivity index (χ2v) is 6.79. The van der Waals surface area contributed by atoms with E-state index in [1.165, 1.54) is 11.1 Å². The van der Waals surface area contributed by atoms with E-state index in [2.05, 4.69) is 38.9 Å². The van der Waals surface area contributed by atoms with Gasteiger partial charge in [-0.05, 0) is 56.6 Å². The van der Waals surface area contributed by atoms with Crippen molar-refractivity contribution in [2.75, 3.05) is 38.0 Å². The number of aromatic nitrogens is 2. The summed E-state index contributed by atoms with van der Waals surface area (Å²) in [6.45, 7) is 9.28. The molecule has 2 heterocycles. The molecule has 6 nitrogen and oxygen atoms in total. The number of carbonyl (C=O) groups is 1. The number of aryl methyl sites for hydroxylation is 2. The summed E-state index contributed by atoms with van der Waals surface area (Å²) < 4.78 is 0. The minimum absolute atomic E-state index is 0.0581. The Hall–Kier alpha value is -2.18.